The van der Waals surface area contributed by atoms with Gasteiger partial charge in [0.25, 0.3) is 0 Å². The number of fused-ring (bicyclic) bond motifs is 1. The smallest absolute Gasteiger partial charge is 0.203 e. The van der Waals surface area contributed by atoms with Gasteiger partial charge < -0.3 is 9.15 Å². The summed E-state index contributed by atoms with van der Waals surface area (Å²) in [7, 11) is 1.61. The van der Waals surface area contributed by atoms with Crippen molar-refractivity contribution in [2.45, 2.75) is 20.8 Å². The molecule has 0 fully saturated rings. The number of ether oxygens (including phenoxy) is 1. The van der Waals surface area contributed by atoms with Crippen molar-refractivity contribution in [1.29, 1.82) is 0 Å². The summed E-state index contributed by atoms with van der Waals surface area (Å²) in [6, 6.07) is 5.43. The maximum Gasteiger partial charge on any atom is 0.203 e. The van der Waals surface area contributed by atoms with E-state index >= 15 is 0 Å². The molecule has 0 saturated carbocycles. The van der Waals surface area contributed by atoms with Crippen molar-refractivity contribution in [1.82, 2.24) is 0 Å². The fourth-order valence-corrected chi connectivity index (χ4v) is 2.22. The van der Waals surface area contributed by atoms with E-state index in [9.17, 15) is 4.79 Å². The molecular weight excluding hydrogens is 296 g/mol. The zero-order valence-electron chi connectivity index (χ0n) is 10.8. The molecule has 4 heteroatoms. The van der Waals surface area contributed by atoms with Crippen molar-refractivity contribution in [2.75, 3.05) is 7.11 Å². The highest BCUT2D eigenvalue weighted by Crippen LogP contribution is 2.33. The Morgan fingerprint density at radius 1 is 1.28 bits per heavy atom. The van der Waals surface area contributed by atoms with Crippen LogP contribution >= 0.6 is 15.9 Å². The summed E-state index contributed by atoms with van der Waals surface area (Å²) in [5, 5.41) is 0.855. The van der Waals surface area contributed by atoms with Crippen LogP contribution in [0.2, 0.25) is 0 Å². The van der Waals surface area contributed by atoms with Crippen LogP contribution in [0.1, 0.15) is 31.3 Å². The molecule has 2 aromatic rings. The van der Waals surface area contributed by atoms with Crippen LogP contribution < -0.4 is 4.74 Å². The third kappa shape index (κ3) is 2.29. The number of Topliss-reactive ketones (excluding diaryl/α,β-unsaturated/α-hetero) is 1. The lowest BCUT2D eigenvalue weighted by molar-refractivity contribution is 0.0831. The lowest BCUT2D eigenvalue weighted by atomic mass is 9.89. The molecule has 0 aliphatic rings. The molecule has 1 heterocycles. The first-order valence-corrected chi connectivity index (χ1v) is 6.44. The number of benzene rings is 1. The standard InChI is InChI=1S/C14H15BrO3/c1-14(2,3)13(16)11-6-8-5-9(17-4)7-10(15)12(8)18-11/h5-7H,1-4H3. The molecule has 2 rings (SSSR count). The number of hydrogen-bond donors (Lipinski definition) is 0. The normalized spacial score (nSPS) is 11.8. The van der Waals surface area contributed by atoms with Crippen LogP contribution in [0.5, 0.6) is 5.75 Å². The van der Waals surface area contributed by atoms with E-state index in [1.165, 1.54) is 0 Å². The van der Waals surface area contributed by atoms with Gasteiger partial charge in [-0.15, -0.1) is 0 Å². The van der Waals surface area contributed by atoms with Gasteiger partial charge in [0.15, 0.2) is 5.76 Å². The average molecular weight is 311 g/mol. The van der Waals surface area contributed by atoms with E-state index in [0.717, 1.165) is 15.6 Å². The summed E-state index contributed by atoms with van der Waals surface area (Å²) < 4.78 is 11.6. The Bertz CT molecular complexity index is 605. The highest BCUT2D eigenvalue weighted by Gasteiger charge is 2.26. The fraction of sp³-hybridized carbons (Fsp3) is 0.357. The molecule has 0 aliphatic carbocycles. The zero-order valence-corrected chi connectivity index (χ0v) is 12.4. The predicted octanol–water partition coefficient (Wildman–Crippen LogP) is 4.43. The van der Waals surface area contributed by atoms with Crippen molar-refractivity contribution in [3.8, 4) is 5.75 Å². The van der Waals surface area contributed by atoms with Crippen molar-refractivity contribution in [3.63, 3.8) is 0 Å². The SMILES string of the molecule is COc1cc(Br)c2oc(C(=O)C(C)(C)C)cc2c1. The van der Waals surface area contributed by atoms with Gasteiger partial charge >= 0.3 is 0 Å². The van der Waals surface area contributed by atoms with Gasteiger partial charge in [-0.1, -0.05) is 20.8 Å². The number of ketones is 1. The first kappa shape index (κ1) is 13.1. The third-order valence-electron chi connectivity index (χ3n) is 2.69. The van der Waals surface area contributed by atoms with E-state index in [2.05, 4.69) is 15.9 Å². The number of furan rings is 1. The van der Waals surface area contributed by atoms with Crippen molar-refractivity contribution >= 4 is 32.7 Å². The topological polar surface area (TPSA) is 39.4 Å². The molecule has 0 N–H and O–H groups in total. The molecule has 0 aliphatic heterocycles. The Morgan fingerprint density at radius 2 is 1.94 bits per heavy atom. The summed E-state index contributed by atoms with van der Waals surface area (Å²) in [6.45, 7) is 5.62. The lowest BCUT2D eigenvalue weighted by Gasteiger charge is -2.13. The number of carbonyl (C=O) groups is 1. The van der Waals surface area contributed by atoms with E-state index in [1.807, 2.05) is 32.9 Å². The van der Waals surface area contributed by atoms with Gasteiger partial charge in [0, 0.05) is 10.8 Å². The Hall–Kier alpha value is -1.29. The number of hydrogen-bond acceptors (Lipinski definition) is 3. The third-order valence-corrected chi connectivity index (χ3v) is 3.27. The van der Waals surface area contributed by atoms with Gasteiger partial charge in [-0.2, -0.15) is 0 Å². The predicted molar refractivity (Wildman–Crippen MR) is 74.3 cm³/mol. The van der Waals surface area contributed by atoms with Crippen LogP contribution in [0, 0.1) is 5.41 Å². The fourth-order valence-electron chi connectivity index (χ4n) is 1.68. The van der Waals surface area contributed by atoms with E-state index in [-0.39, 0.29) is 5.78 Å². The van der Waals surface area contributed by atoms with E-state index in [0.29, 0.717) is 11.3 Å². The molecular formula is C14H15BrO3. The highest BCUT2D eigenvalue weighted by molar-refractivity contribution is 9.10. The number of carbonyl (C=O) groups excluding carboxylic acids is 1. The molecule has 0 radical (unpaired) electrons. The minimum Gasteiger partial charge on any atom is -0.497 e. The highest BCUT2D eigenvalue weighted by atomic mass is 79.9. The molecule has 1 aromatic carbocycles. The summed E-state index contributed by atoms with van der Waals surface area (Å²) in [5.74, 6) is 1.10. The maximum atomic E-state index is 12.2. The molecule has 3 nitrogen and oxygen atoms in total. The minimum absolute atomic E-state index is 0.00966. The molecule has 0 amide bonds. The van der Waals surface area contributed by atoms with Crippen LogP contribution in [0.15, 0.2) is 27.1 Å². The lowest BCUT2D eigenvalue weighted by Crippen LogP contribution is -2.19. The van der Waals surface area contributed by atoms with Crippen LogP contribution in [0.4, 0.5) is 0 Å². The van der Waals surface area contributed by atoms with Gasteiger partial charge in [0.1, 0.15) is 11.3 Å². The molecule has 0 atom stereocenters. The molecule has 0 spiro atoms. The number of methoxy groups -OCH3 is 1. The Kier molecular flexibility index (Phi) is 3.23. The summed E-state index contributed by atoms with van der Waals surface area (Å²) in [5.41, 5.74) is 0.216. The second kappa shape index (κ2) is 4.43. The van der Waals surface area contributed by atoms with Crippen molar-refractivity contribution in [3.05, 3.63) is 28.4 Å². The van der Waals surface area contributed by atoms with Gasteiger partial charge in [-0.05, 0) is 34.1 Å². The quantitative estimate of drug-likeness (QED) is 0.770. The zero-order chi connectivity index (χ0) is 13.5. The Balaban J connectivity index is 2.57. The van der Waals surface area contributed by atoms with Crippen molar-refractivity contribution < 1.29 is 13.9 Å². The molecule has 0 unspecified atom stereocenters. The molecule has 0 saturated heterocycles. The number of halogens is 1. The van der Waals surface area contributed by atoms with Crippen molar-refractivity contribution in [2.24, 2.45) is 5.41 Å². The van der Waals surface area contributed by atoms with Crippen LogP contribution in [-0.4, -0.2) is 12.9 Å². The van der Waals surface area contributed by atoms with E-state index < -0.39 is 5.41 Å². The van der Waals surface area contributed by atoms with E-state index in [4.69, 9.17) is 9.15 Å². The van der Waals surface area contributed by atoms with Crippen LogP contribution in [-0.2, 0) is 0 Å². The van der Waals surface area contributed by atoms with E-state index in [1.54, 1.807) is 13.2 Å². The van der Waals surface area contributed by atoms with Gasteiger partial charge in [0.2, 0.25) is 5.78 Å². The second-order valence-electron chi connectivity index (χ2n) is 5.22. The first-order valence-electron chi connectivity index (χ1n) is 5.65. The largest absolute Gasteiger partial charge is 0.497 e. The second-order valence-corrected chi connectivity index (χ2v) is 6.07. The maximum absolute atomic E-state index is 12.2. The van der Waals surface area contributed by atoms with Gasteiger partial charge in [0.05, 0.1) is 11.6 Å². The Morgan fingerprint density at radius 3 is 2.50 bits per heavy atom. The molecule has 96 valence electrons. The minimum atomic E-state index is -0.454. The average Bonchev–Trinajstić information content (AvgIpc) is 2.70. The summed E-state index contributed by atoms with van der Waals surface area (Å²) in [6.07, 6.45) is 0. The monoisotopic (exact) mass is 310 g/mol. The van der Waals surface area contributed by atoms with Gasteiger partial charge in [-0.3, -0.25) is 4.79 Å². The first-order chi connectivity index (χ1) is 8.32. The number of rotatable bonds is 2. The van der Waals surface area contributed by atoms with Crippen LogP contribution in [0.25, 0.3) is 11.0 Å². The molecule has 1 aromatic heterocycles. The molecule has 0 bridgehead atoms. The molecule has 18 heavy (non-hydrogen) atoms. The Labute approximate surface area is 114 Å². The van der Waals surface area contributed by atoms with Crippen LogP contribution in [0.3, 0.4) is 0 Å². The summed E-state index contributed by atoms with van der Waals surface area (Å²) >= 11 is 3.42. The van der Waals surface area contributed by atoms with Gasteiger partial charge in [-0.25, -0.2) is 0 Å². The summed E-state index contributed by atoms with van der Waals surface area (Å²) in [4.78, 5) is 12.2.